The first-order valence-corrected chi connectivity index (χ1v) is 11.3. The summed E-state index contributed by atoms with van der Waals surface area (Å²) in [5.74, 6) is -0.289. The van der Waals surface area contributed by atoms with Gasteiger partial charge >= 0.3 is 5.69 Å². The first kappa shape index (κ1) is 22.5. The number of aromatic nitrogens is 2. The molecule has 2 amide bonds. The van der Waals surface area contributed by atoms with Crippen molar-refractivity contribution in [2.45, 2.75) is 32.4 Å². The molecular weight excluding hydrogens is 416 g/mol. The Hall–Kier alpha value is -3.74. The molecule has 1 fully saturated rings. The summed E-state index contributed by atoms with van der Waals surface area (Å²) in [7, 11) is 0. The Morgan fingerprint density at radius 1 is 0.970 bits per heavy atom. The van der Waals surface area contributed by atoms with Crippen molar-refractivity contribution in [3.8, 4) is 11.1 Å². The summed E-state index contributed by atoms with van der Waals surface area (Å²) in [4.78, 5) is 45.6. The molecule has 33 heavy (non-hydrogen) atoms. The third-order valence-corrected chi connectivity index (χ3v) is 5.98. The lowest BCUT2D eigenvalue weighted by atomic mass is 9.98. The predicted octanol–water partition coefficient (Wildman–Crippen LogP) is 2.60. The van der Waals surface area contributed by atoms with Crippen LogP contribution in [0.25, 0.3) is 11.1 Å². The molecule has 1 unspecified atom stereocenters. The quantitative estimate of drug-likeness (QED) is 0.561. The molecule has 0 saturated carbocycles. The molecule has 0 bridgehead atoms. The minimum Gasteiger partial charge on any atom is -0.339 e. The normalized spacial score (nSPS) is 16.2. The second-order valence-corrected chi connectivity index (χ2v) is 8.23. The molecule has 1 aliphatic rings. The monoisotopic (exact) mass is 444 g/mol. The van der Waals surface area contributed by atoms with Gasteiger partial charge in [-0.1, -0.05) is 61.5 Å². The van der Waals surface area contributed by atoms with Crippen LogP contribution in [0.3, 0.4) is 0 Å². The summed E-state index contributed by atoms with van der Waals surface area (Å²) in [6, 6.07) is 19.3. The van der Waals surface area contributed by atoms with Crippen molar-refractivity contribution in [3.63, 3.8) is 0 Å². The van der Waals surface area contributed by atoms with Crippen molar-refractivity contribution in [1.29, 1.82) is 0 Å². The van der Waals surface area contributed by atoms with Gasteiger partial charge in [-0.05, 0) is 29.2 Å². The Morgan fingerprint density at radius 2 is 1.70 bits per heavy atom. The predicted molar refractivity (Wildman–Crippen MR) is 126 cm³/mol. The Morgan fingerprint density at radius 3 is 2.39 bits per heavy atom. The van der Waals surface area contributed by atoms with E-state index in [0.29, 0.717) is 26.1 Å². The molecule has 0 radical (unpaired) electrons. The third-order valence-electron chi connectivity index (χ3n) is 5.98. The van der Waals surface area contributed by atoms with Gasteiger partial charge in [0.25, 0.3) is 0 Å². The average Bonchev–Trinajstić information content (AvgIpc) is 2.84. The van der Waals surface area contributed by atoms with Gasteiger partial charge in [-0.2, -0.15) is 0 Å². The molecule has 7 heteroatoms. The molecule has 0 spiro atoms. The highest BCUT2D eigenvalue weighted by molar-refractivity contribution is 5.89. The number of piperazine rings is 1. The zero-order valence-electron chi connectivity index (χ0n) is 18.8. The third kappa shape index (κ3) is 5.19. The molecule has 0 N–H and O–H groups in total. The van der Waals surface area contributed by atoms with E-state index in [1.807, 2.05) is 54.3 Å². The Balaban J connectivity index is 1.55. The van der Waals surface area contributed by atoms with Crippen LogP contribution in [0.2, 0.25) is 0 Å². The fraction of sp³-hybridized carbons (Fsp3) is 0.308. The molecule has 170 valence electrons. The van der Waals surface area contributed by atoms with E-state index in [0.717, 1.165) is 23.1 Å². The first-order chi connectivity index (χ1) is 16.1. The van der Waals surface area contributed by atoms with E-state index in [1.54, 1.807) is 17.2 Å². The van der Waals surface area contributed by atoms with Crippen LogP contribution < -0.4 is 5.69 Å². The molecule has 1 saturated heterocycles. The highest BCUT2D eigenvalue weighted by Gasteiger charge is 2.37. The van der Waals surface area contributed by atoms with Crippen LogP contribution in [-0.4, -0.2) is 56.8 Å². The second-order valence-electron chi connectivity index (χ2n) is 8.23. The summed E-state index contributed by atoms with van der Waals surface area (Å²) in [5, 5.41) is 0. The van der Waals surface area contributed by atoms with Crippen LogP contribution in [-0.2, 0) is 22.6 Å². The lowest BCUT2D eigenvalue weighted by Gasteiger charge is -2.41. The molecule has 7 nitrogen and oxygen atoms in total. The lowest BCUT2D eigenvalue weighted by Crippen LogP contribution is -2.60. The SMILES string of the molecule is CCCN1CCN(C(=O)Cn2cccnc2=O)C(Cc2ccc(-c3ccccc3)cc2)C1=O. The fourth-order valence-corrected chi connectivity index (χ4v) is 4.26. The van der Waals surface area contributed by atoms with Gasteiger partial charge < -0.3 is 9.80 Å². The van der Waals surface area contributed by atoms with E-state index in [-0.39, 0.29) is 18.4 Å². The zero-order valence-corrected chi connectivity index (χ0v) is 18.8. The number of carbonyl (C=O) groups excluding carboxylic acids is 2. The zero-order chi connectivity index (χ0) is 23.2. The van der Waals surface area contributed by atoms with Crippen LogP contribution in [0, 0.1) is 0 Å². The molecule has 1 atom stereocenters. The van der Waals surface area contributed by atoms with E-state index in [2.05, 4.69) is 17.1 Å². The van der Waals surface area contributed by atoms with E-state index in [4.69, 9.17) is 0 Å². The van der Waals surface area contributed by atoms with Crippen molar-refractivity contribution < 1.29 is 9.59 Å². The van der Waals surface area contributed by atoms with Gasteiger partial charge in [0.05, 0.1) is 0 Å². The van der Waals surface area contributed by atoms with Crippen molar-refractivity contribution in [2.24, 2.45) is 0 Å². The standard InChI is InChI=1S/C26H28N4O3/c1-2-14-28-16-17-30(24(31)19-29-15-6-13-27-26(29)33)23(25(28)32)18-20-9-11-22(12-10-20)21-7-4-3-5-8-21/h3-13,15,23H,2,14,16-19H2,1H3. The summed E-state index contributed by atoms with van der Waals surface area (Å²) in [6.45, 7) is 3.54. The molecule has 4 rings (SSSR count). The maximum atomic E-state index is 13.3. The minimum atomic E-state index is -0.590. The molecule has 1 aliphatic heterocycles. The number of rotatable bonds is 7. The van der Waals surface area contributed by atoms with Crippen molar-refractivity contribution in [2.75, 3.05) is 19.6 Å². The van der Waals surface area contributed by atoms with Crippen LogP contribution >= 0.6 is 0 Å². The summed E-state index contributed by atoms with van der Waals surface area (Å²) >= 11 is 0. The van der Waals surface area contributed by atoms with Gasteiger partial charge in [-0.15, -0.1) is 0 Å². The van der Waals surface area contributed by atoms with E-state index < -0.39 is 11.7 Å². The van der Waals surface area contributed by atoms with Gasteiger partial charge in [0.2, 0.25) is 11.8 Å². The fourth-order valence-electron chi connectivity index (χ4n) is 4.26. The number of hydrogen-bond donors (Lipinski definition) is 0. The molecular formula is C26H28N4O3. The molecule has 1 aromatic heterocycles. The van der Waals surface area contributed by atoms with E-state index in [9.17, 15) is 14.4 Å². The van der Waals surface area contributed by atoms with E-state index in [1.165, 1.54) is 10.8 Å². The number of carbonyl (C=O) groups is 2. The molecule has 2 heterocycles. The minimum absolute atomic E-state index is 0.0397. The maximum Gasteiger partial charge on any atom is 0.347 e. The number of hydrogen-bond acceptors (Lipinski definition) is 4. The number of benzene rings is 2. The van der Waals surface area contributed by atoms with E-state index >= 15 is 0 Å². The van der Waals surface area contributed by atoms with Crippen molar-refractivity contribution in [1.82, 2.24) is 19.4 Å². The largest absolute Gasteiger partial charge is 0.347 e. The molecule has 0 aliphatic carbocycles. The van der Waals surface area contributed by atoms with Crippen LogP contribution in [0.1, 0.15) is 18.9 Å². The van der Waals surface area contributed by atoms with Crippen LogP contribution in [0.4, 0.5) is 0 Å². The maximum absolute atomic E-state index is 13.3. The first-order valence-electron chi connectivity index (χ1n) is 11.3. The Bertz CT molecular complexity index is 1160. The van der Waals surface area contributed by atoms with Crippen molar-refractivity contribution in [3.05, 3.63) is 89.1 Å². The Labute approximate surface area is 193 Å². The second kappa shape index (κ2) is 10.3. The summed E-state index contributed by atoms with van der Waals surface area (Å²) in [6.07, 6.45) is 4.24. The molecule has 2 aromatic carbocycles. The van der Waals surface area contributed by atoms with Gasteiger partial charge in [-0.3, -0.25) is 14.2 Å². The Kier molecular flexibility index (Phi) is 6.98. The van der Waals surface area contributed by atoms with Crippen LogP contribution in [0.5, 0.6) is 0 Å². The summed E-state index contributed by atoms with van der Waals surface area (Å²) < 4.78 is 1.27. The smallest absolute Gasteiger partial charge is 0.339 e. The highest BCUT2D eigenvalue weighted by atomic mass is 16.2. The topological polar surface area (TPSA) is 75.5 Å². The van der Waals surface area contributed by atoms with Gasteiger partial charge in [0.1, 0.15) is 12.6 Å². The number of amides is 2. The van der Waals surface area contributed by atoms with Crippen molar-refractivity contribution >= 4 is 11.8 Å². The van der Waals surface area contributed by atoms with Gasteiger partial charge in [0, 0.05) is 38.4 Å². The molecule has 3 aromatic rings. The van der Waals surface area contributed by atoms with Gasteiger partial charge in [0.15, 0.2) is 0 Å². The lowest BCUT2D eigenvalue weighted by molar-refractivity contribution is -0.151. The van der Waals surface area contributed by atoms with Gasteiger partial charge in [-0.25, -0.2) is 9.78 Å². The highest BCUT2D eigenvalue weighted by Crippen LogP contribution is 2.22. The summed E-state index contributed by atoms with van der Waals surface area (Å²) in [5.41, 5.74) is 2.74. The number of nitrogens with zero attached hydrogens (tertiary/aromatic N) is 4. The van der Waals surface area contributed by atoms with Crippen LogP contribution in [0.15, 0.2) is 77.9 Å². The average molecular weight is 445 g/mol.